The van der Waals surface area contributed by atoms with Crippen LogP contribution in [0.5, 0.6) is 0 Å². The summed E-state index contributed by atoms with van der Waals surface area (Å²) in [5.74, 6) is -0.0766. The van der Waals surface area contributed by atoms with Crippen LogP contribution in [0.2, 0.25) is 0 Å². The lowest BCUT2D eigenvalue weighted by molar-refractivity contribution is -0.143. The van der Waals surface area contributed by atoms with E-state index < -0.39 is 30.0 Å². The number of carbonyl (C=O) groups excluding carboxylic acids is 2. The van der Waals surface area contributed by atoms with Crippen molar-refractivity contribution in [2.45, 2.75) is 57.0 Å². The van der Waals surface area contributed by atoms with Gasteiger partial charge in [0, 0.05) is 18.0 Å². The average Bonchev–Trinajstić information content (AvgIpc) is 3.47. The zero-order chi connectivity index (χ0) is 30.5. The second-order valence-corrected chi connectivity index (χ2v) is 12.3. The first-order valence-corrected chi connectivity index (χ1v) is 14.9. The van der Waals surface area contributed by atoms with Gasteiger partial charge >= 0.3 is 12.4 Å². The number of amides is 2. The van der Waals surface area contributed by atoms with E-state index in [1.54, 1.807) is 24.3 Å². The van der Waals surface area contributed by atoms with Crippen LogP contribution in [0, 0.1) is 5.92 Å². The van der Waals surface area contributed by atoms with E-state index in [9.17, 15) is 35.9 Å². The lowest BCUT2D eigenvalue weighted by atomic mass is 9.83. The van der Waals surface area contributed by atoms with E-state index in [1.807, 2.05) is 0 Å². The molecule has 1 aromatic heterocycles. The number of nitrogens with zero attached hydrogens (tertiary/aromatic N) is 4. The fraction of sp³-hybridized carbons (Fsp3) is 0.433. The van der Waals surface area contributed by atoms with Crippen LogP contribution in [0.25, 0.3) is 17.0 Å². The second kappa shape index (κ2) is 11.3. The van der Waals surface area contributed by atoms with Gasteiger partial charge in [-0.2, -0.15) is 31.4 Å². The van der Waals surface area contributed by atoms with Gasteiger partial charge in [0.25, 0.3) is 11.1 Å². The number of rotatable bonds is 5. The van der Waals surface area contributed by atoms with Crippen LogP contribution >= 0.6 is 11.8 Å². The summed E-state index contributed by atoms with van der Waals surface area (Å²) < 4.78 is 81.3. The van der Waals surface area contributed by atoms with Crippen LogP contribution in [0.4, 0.5) is 31.1 Å². The van der Waals surface area contributed by atoms with E-state index in [0.717, 1.165) is 56.6 Å². The Morgan fingerprint density at radius 2 is 1.72 bits per heavy atom. The molecule has 0 bridgehead atoms. The van der Waals surface area contributed by atoms with Crippen LogP contribution in [-0.2, 0) is 23.7 Å². The second-order valence-electron chi connectivity index (χ2n) is 11.3. The summed E-state index contributed by atoms with van der Waals surface area (Å²) in [6, 6.07) is 6.94. The van der Waals surface area contributed by atoms with E-state index in [1.165, 1.54) is 22.2 Å². The number of hydrogen-bond acceptors (Lipinski definition) is 5. The first kappa shape index (κ1) is 29.7. The van der Waals surface area contributed by atoms with E-state index in [-0.39, 0.29) is 28.7 Å². The minimum absolute atomic E-state index is 0.117. The summed E-state index contributed by atoms with van der Waals surface area (Å²) in [7, 11) is 0. The predicted octanol–water partition coefficient (Wildman–Crippen LogP) is 7.42. The highest BCUT2D eigenvalue weighted by Gasteiger charge is 2.41. The summed E-state index contributed by atoms with van der Waals surface area (Å²) in [6.45, 7) is 2.14. The van der Waals surface area contributed by atoms with E-state index in [4.69, 9.17) is 0 Å². The summed E-state index contributed by atoms with van der Waals surface area (Å²) in [6.07, 6.45) is -1.37. The third-order valence-corrected chi connectivity index (χ3v) is 9.45. The molecule has 2 atom stereocenters. The molecule has 3 fully saturated rings. The summed E-state index contributed by atoms with van der Waals surface area (Å²) in [5.41, 5.74) is -2.02. The quantitative estimate of drug-likeness (QED) is 0.219. The number of alkyl halides is 6. The van der Waals surface area contributed by atoms with Crippen molar-refractivity contribution in [3.63, 3.8) is 0 Å². The molecule has 6 nitrogen and oxygen atoms in total. The monoisotopic (exact) mass is 622 g/mol. The Hall–Kier alpha value is -3.32. The highest BCUT2D eigenvalue weighted by molar-refractivity contribution is 8.18. The maximum absolute atomic E-state index is 13.6. The molecular weight excluding hydrogens is 594 g/mol. The number of halogens is 6. The molecule has 6 rings (SSSR count). The summed E-state index contributed by atoms with van der Waals surface area (Å²) in [5, 5.41) is 4.43. The van der Waals surface area contributed by atoms with Crippen LogP contribution in [-0.4, -0.2) is 56.4 Å². The van der Waals surface area contributed by atoms with Crippen molar-refractivity contribution < 1.29 is 35.9 Å². The molecule has 43 heavy (non-hydrogen) atoms. The normalized spacial score (nSPS) is 23.0. The largest absolute Gasteiger partial charge is 0.416 e. The van der Waals surface area contributed by atoms with Gasteiger partial charge in [-0.15, -0.1) is 0 Å². The van der Waals surface area contributed by atoms with E-state index >= 15 is 0 Å². The molecule has 3 aromatic rings. The van der Waals surface area contributed by atoms with Gasteiger partial charge in [-0.1, -0.05) is 18.6 Å². The molecule has 2 amide bonds. The zero-order valence-corrected chi connectivity index (χ0v) is 23.7. The average molecular weight is 623 g/mol. The summed E-state index contributed by atoms with van der Waals surface area (Å²) in [4.78, 5) is 30.2. The van der Waals surface area contributed by atoms with Gasteiger partial charge in [0.05, 0.1) is 34.3 Å². The lowest BCUT2D eigenvalue weighted by Crippen LogP contribution is -2.51. The van der Waals surface area contributed by atoms with Crippen LogP contribution < -0.4 is 0 Å². The minimum Gasteiger partial charge on any atom is -0.300 e. The van der Waals surface area contributed by atoms with Gasteiger partial charge in [0.1, 0.15) is 0 Å². The van der Waals surface area contributed by atoms with Crippen molar-refractivity contribution in [3.8, 4) is 0 Å². The Kier molecular flexibility index (Phi) is 7.82. The first-order chi connectivity index (χ1) is 20.4. The topological polar surface area (TPSA) is 58.4 Å². The number of carbonyl (C=O) groups is 2. The van der Waals surface area contributed by atoms with Gasteiger partial charge in [-0.05, 0) is 97.9 Å². The van der Waals surface area contributed by atoms with E-state index in [2.05, 4.69) is 10.00 Å². The SMILES string of the molecule is O=C1S/C(=C\c2ccc3c(cnn3Cc3ccc(C(F)(F)F)cc3C(F)(F)F)c2)C(=O)N1C[C@@H]1CCCN2CCCC[C@H]12. The molecular formula is C30H28F6N4O2S. The molecule has 13 heteroatoms. The molecule has 0 N–H and O–H groups in total. The highest BCUT2D eigenvalue weighted by atomic mass is 32.2. The van der Waals surface area contributed by atoms with Gasteiger partial charge in [0.2, 0.25) is 0 Å². The Labute approximate surface area is 247 Å². The van der Waals surface area contributed by atoms with Crippen molar-refractivity contribution in [2.75, 3.05) is 19.6 Å². The number of thioether (sulfide) groups is 1. The van der Waals surface area contributed by atoms with Gasteiger partial charge in [-0.25, -0.2) is 0 Å². The van der Waals surface area contributed by atoms with Crippen molar-refractivity contribution in [1.82, 2.24) is 19.6 Å². The van der Waals surface area contributed by atoms with Crippen molar-refractivity contribution in [2.24, 2.45) is 5.92 Å². The maximum Gasteiger partial charge on any atom is 0.416 e. The first-order valence-electron chi connectivity index (χ1n) is 14.1. The highest BCUT2D eigenvalue weighted by Crippen LogP contribution is 2.39. The van der Waals surface area contributed by atoms with Gasteiger partial charge in [0.15, 0.2) is 0 Å². The predicted molar refractivity (Wildman–Crippen MR) is 150 cm³/mol. The standard InChI is InChI=1S/C30H28F6N4O2S/c31-29(32,33)22-8-7-19(23(14-22)30(34,35)36)17-40-25-9-6-18(12-21(25)15-37-40)13-26-27(41)39(28(42)43-26)16-20-4-3-11-38-10-2-1-5-24(20)38/h6-9,12-15,20,24H,1-5,10-11,16-17H2/b26-13-/t20-,24+/m0/s1. The smallest absolute Gasteiger partial charge is 0.300 e. The third-order valence-electron chi connectivity index (χ3n) is 8.55. The van der Waals surface area contributed by atoms with Gasteiger partial charge < -0.3 is 4.90 Å². The fourth-order valence-electron chi connectivity index (χ4n) is 6.47. The zero-order valence-electron chi connectivity index (χ0n) is 22.9. The number of imide groups is 1. The minimum atomic E-state index is -4.98. The molecule has 0 spiro atoms. The number of fused-ring (bicyclic) bond motifs is 2. The van der Waals surface area contributed by atoms with Crippen LogP contribution in [0.15, 0.2) is 47.5 Å². The van der Waals surface area contributed by atoms with Crippen molar-refractivity contribution in [1.29, 1.82) is 0 Å². The van der Waals surface area contributed by atoms with E-state index in [0.29, 0.717) is 40.0 Å². The Balaban J connectivity index is 1.20. The lowest BCUT2D eigenvalue weighted by Gasteiger charge is -2.45. The van der Waals surface area contributed by atoms with Gasteiger partial charge in [-0.3, -0.25) is 19.2 Å². The Morgan fingerprint density at radius 1 is 0.930 bits per heavy atom. The molecule has 3 aliphatic rings. The fourth-order valence-corrected chi connectivity index (χ4v) is 7.32. The Bertz CT molecular complexity index is 1600. The van der Waals surface area contributed by atoms with Crippen molar-refractivity contribution in [3.05, 3.63) is 69.8 Å². The molecule has 0 unspecified atom stereocenters. The molecule has 0 radical (unpaired) electrons. The van der Waals surface area contributed by atoms with Crippen LogP contribution in [0.1, 0.15) is 54.4 Å². The Morgan fingerprint density at radius 3 is 2.49 bits per heavy atom. The van der Waals surface area contributed by atoms with Crippen molar-refractivity contribution >= 4 is 39.9 Å². The number of benzene rings is 2. The summed E-state index contributed by atoms with van der Waals surface area (Å²) >= 11 is 0.891. The molecule has 0 saturated carbocycles. The molecule has 2 aromatic carbocycles. The molecule has 0 aliphatic carbocycles. The van der Waals surface area contributed by atoms with Crippen LogP contribution in [0.3, 0.4) is 0 Å². The molecule has 3 aliphatic heterocycles. The number of aromatic nitrogens is 2. The number of piperidine rings is 2. The number of hydrogen-bond donors (Lipinski definition) is 0. The molecule has 3 saturated heterocycles. The third kappa shape index (κ3) is 6.06. The molecule has 228 valence electrons. The molecule has 4 heterocycles. The maximum atomic E-state index is 13.6.